The third-order valence-electron chi connectivity index (χ3n) is 5.22. The lowest BCUT2D eigenvalue weighted by Gasteiger charge is -2.15. The molecule has 0 spiro atoms. The summed E-state index contributed by atoms with van der Waals surface area (Å²) in [5.74, 6) is -0.509. The van der Waals surface area contributed by atoms with Crippen molar-refractivity contribution in [3.63, 3.8) is 0 Å². The SMILES string of the molecule is O=C(CCc1ncc(-c2ccc(F)cc2F)o1)NCc1cccnc1OC1CCCC1. The summed E-state index contributed by atoms with van der Waals surface area (Å²) in [5, 5.41) is 2.86. The molecule has 1 aliphatic rings. The van der Waals surface area contributed by atoms with Crippen LogP contribution in [-0.4, -0.2) is 22.0 Å². The van der Waals surface area contributed by atoms with Crippen molar-refractivity contribution in [1.82, 2.24) is 15.3 Å². The molecule has 0 unspecified atom stereocenters. The van der Waals surface area contributed by atoms with Gasteiger partial charge in [0.05, 0.1) is 11.8 Å². The average molecular weight is 427 g/mol. The number of rotatable bonds is 8. The van der Waals surface area contributed by atoms with Crippen LogP contribution in [0.5, 0.6) is 5.88 Å². The highest BCUT2D eigenvalue weighted by Gasteiger charge is 2.19. The zero-order valence-electron chi connectivity index (χ0n) is 16.9. The predicted molar refractivity (Wildman–Crippen MR) is 109 cm³/mol. The number of hydrogen-bond acceptors (Lipinski definition) is 5. The minimum atomic E-state index is -0.729. The molecule has 1 saturated carbocycles. The number of carbonyl (C=O) groups is 1. The van der Waals surface area contributed by atoms with Crippen molar-refractivity contribution >= 4 is 5.91 Å². The van der Waals surface area contributed by atoms with E-state index < -0.39 is 11.6 Å². The maximum Gasteiger partial charge on any atom is 0.220 e. The molecule has 0 aliphatic heterocycles. The van der Waals surface area contributed by atoms with Crippen LogP contribution < -0.4 is 10.1 Å². The second-order valence-corrected chi connectivity index (χ2v) is 7.51. The second kappa shape index (κ2) is 9.68. The lowest BCUT2D eigenvalue weighted by Crippen LogP contribution is -2.24. The standard InChI is InChI=1S/C23H23F2N3O3/c24-16-7-8-18(19(25)12-16)20-14-28-22(31-20)10-9-21(29)27-13-15-4-3-11-26-23(15)30-17-5-1-2-6-17/h3-4,7-8,11-12,14,17H,1-2,5-6,9-10,13H2,(H,27,29). The molecule has 31 heavy (non-hydrogen) atoms. The van der Waals surface area contributed by atoms with Gasteiger partial charge in [0, 0.05) is 37.2 Å². The predicted octanol–water partition coefficient (Wildman–Crippen LogP) is 4.59. The fraction of sp³-hybridized carbons (Fsp3) is 0.348. The normalized spacial score (nSPS) is 14.0. The number of amides is 1. The third-order valence-corrected chi connectivity index (χ3v) is 5.22. The average Bonchev–Trinajstić information content (AvgIpc) is 3.44. The Morgan fingerprint density at radius 2 is 2.03 bits per heavy atom. The molecule has 0 bridgehead atoms. The first-order valence-electron chi connectivity index (χ1n) is 10.4. The summed E-state index contributed by atoms with van der Waals surface area (Å²) < 4.78 is 38.4. The minimum Gasteiger partial charge on any atom is -0.474 e. The number of halogens is 2. The van der Waals surface area contributed by atoms with Crippen LogP contribution in [0, 0.1) is 11.6 Å². The zero-order chi connectivity index (χ0) is 21.6. The first kappa shape index (κ1) is 21.0. The summed E-state index contributed by atoms with van der Waals surface area (Å²) in [4.78, 5) is 20.7. The van der Waals surface area contributed by atoms with Crippen LogP contribution >= 0.6 is 0 Å². The Morgan fingerprint density at radius 1 is 1.19 bits per heavy atom. The largest absolute Gasteiger partial charge is 0.474 e. The van der Waals surface area contributed by atoms with E-state index in [2.05, 4.69) is 15.3 Å². The summed E-state index contributed by atoms with van der Waals surface area (Å²) in [6, 6.07) is 6.92. The van der Waals surface area contributed by atoms with Crippen molar-refractivity contribution in [1.29, 1.82) is 0 Å². The van der Waals surface area contributed by atoms with Gasteiger partial charge in [-0.05, 0) is 43.9 Å². The maximum atomic E-state index is 13.9. The van der Waals surface area contributed by atoms with Gasteiger partial charge in [0.2, 0.25) is 11.8 Å². The molecule has 1 fully saturated rings. The number of hydrogen-bond donors (Lipinski definition) is 1. The Kier molecular flexibility index (Phi) is 6.54. The molecule has 0 radical (unpaired) electrons. The number of carbonyl (C=O) groups excluding carboxylic acids is 1. The summed E-state index contributed by atoms with van der Waals surface area (Å²) in [5.41, 5.74) is 0.948. The first-order valence-corrected chi connectivity index (χ1v) is 10.4. The monoisotopic (exact) mass is 427 g/mol. The Morgan fingerprint density at radius 3 is 2.84 bits per heavy atom. The molecule has 0 atom stereocenters. The Balaban J connectivity index is 1.29. The minimum absolute atomic E-state index is 0.121. The van der Waals surface area contributed by atoms with E-state index in [1.165, 1.54) is 25.1 Å². The Hall–Kier alpha value is -3.29. The Bertz CT molecular complexity index is 1050. The van der Waals surface area contributed by atoms with Gasteiger partial charge in [-0.2, -0.15) is 0 Å². The number of pyridine rings is 1. The van der Waals surface area contributed by atoms with E-state index in [1.807, 2.05) is 12.1 Å². The van der Waals surface area contributed by atoms with Crippen molar-refractivity contribution in [2.45, 2.75) is 51.2 Å². The van der Waals surface area contributed by atoms with E-state index in [0.717, 1.165) is 30.5 Å². The van der Waals surface area contributed by atoms with E-state index in [1.54, 1.807) is 6.20 Å². The van der Waals surface area contributed by atoms with Gasteiger partial charge < -0.3 is 14.5 Å². The molecule has 8 heteroatoms. The van der Waals surface area contributed by atoms with Crippen molar-refractivity contribution in [2.24, 2.45) is 0 Å². The van der Waals surface area contributed by atoms with E-state index >= 15 is 0 Å². The molecule has 6 nitrogen and oxygen atoms in total. The number of benzene rings is 1. The number of oxazole rings is 1. The number of ether oxygens (including phenoxy) is 1. The summed E-state index contributed by atoms with van der Waals surface area (Å²) in [6.07, 6.45) is 8.04. The van der Waals surface area contributed by atoms with E-state index in [-0.39, 0.29) is 36.2 Å². The van der Waals surface area contributed by atoms with Crippen molar-refractivity contribution in [3.05, 3.63) is 65.8 Å². The van der Waals surface area contributed by atoms with Gasteiger partial charge >= 0.3 is 0 Å². The smallest absolute Gasteiger partial charge is 0.220 e. The molecule has 2 aromatic heterocycles. The van der Waals surface area contributed by atoms with Crippen LogP contribution in [0.3, 0.4) is 0 Å². The number of nitrogens with one attached hydrogen (secondary N) is 1. The molecular weight excluding hydrogens is 404 g/mol. The fourth-order valence-corrected chi connectivity index (χ4v) is 3.57. The van der Waals surface area contributed by atoms with Gasteiger partial charge in [0.15, 0.2) is 11.7 Å². The molecule has 4 rings (SSSR count). The highest BCUT2D eigenvalue weighted by molar-refractivity contribution is 5.76. The summed E-state index contributed by atoms with van der Waals surface area (Å²) in [6.45, 7) is 0.312. The molecule has 1 aromatic carbocycles. The van der Waals surface area contributed by atoms with Crippen LogP contribution in [0.1, 0.15) is 43.6 Å². The molecule has 162 valence electrons. The van der Waals surface area contributed by atoms with Crippen LogP contribution in [0.4, 0.5) is 8.78 Å². The molecule has 2 heterocycles. The van der Waals surface area contributed by atoms with Gasteiger partial charge in [-0.15, -0.1) is 0 Å². The lowest BCUT2D eigenvalue weighted by atomic mass is 10.2. The maximum absolute atomic E-state index is 13.9. The number of aryl methyl sites for hydroxylation is 1. The summed E-state index contributed by atoms with van der Waals surface area (Å²) >= 11 is 0. The van der Waals surface area contributed by atoms with E-state index in [0.29, 0.717) is 18.3 Å². The molecule has 0 saturated heterocycles. The fourth-order valence-electron chi connectivity index (χ4n) is 3.57. The van der Waals surface area contributed by atoms with Crippen molar-refractivity contribution in [2.75, 3.05) is 0 Å². The van der Waals surface area contributed by atoms with Gasteiger partial charge in [0.1, 0.15) is 17.7 Å². The molecule has 1 N–H and O–H groups in total. The van der Waals surface area contributed by atoms with Gasteiger partial charge in [-0.25, -0.2) is 18.7 Å². The lowest BCUT2D eigenvalue weighted by molar-refractivity contribution is -0.121. The van der Waals surface area contributed by atoms with E-state index in [4.69, 9.17) is 9.15 Å². The Labute approximate surface area is 178 Å². The molecule has 1 amide bonds. The van der Waals surface area contributed by atoms with Gasteiger partial charge in [-0.3, -0.25) is 4.79 Å². The van der Waals surface area contributed by atoms with Gasteiger partial charge in [0.25, 0.3) is 0 Å². The number of nitrogens with zero attached hydrogens (tertiary/aromatic N) is 2. The zero-order valence-corrected chi connectivity index (χ0v) is 16.9. The quantitative estimate of drug-likeness (QED) is 0.569. The highest BCUT2D eigenvalue weighted by atomic mass is 19.1. The highest BCUT2D eigenvalue weighted by Crippen LogP contribution is 2.26. The summed E-state index contributed by atoms with van der Waals surface area (Å²) in [7, 11) is 0. The third kappa shape index (κ3) is 5.45. The van der Waals surface area contributed by atoms with Gasteiger partial charge in [-0.1, -0.05) is 6.07 Å². The first-order chi connectivity index (χ1) is 15.1. The molecular formula is C23H23F2N3O3. The topological polar surface area (TPSA) is 77.3 Å². The van der Waals surface area contributed by atoms with Crippen LogP contribution in [0.15, 0.2) is 47.1 Å². The van der Waals surface area contributed by atoms with Crippen LogP contribution in [0.25, 0.3) is 11.3 Å². The molecule has 1 aliphatic carbocycles. The van der Waals surface area contributed by atoms with Crippen LogP contribution in [-0.2, 0) is 17.8 Å². The molecule has 3 aromatic rings. The van der Waals surface area contributed by atoms with E-state index in [9.17, 15) is 13.6 Å². The second-order valence-electron chi connectivity index (χ2n) is 7.51. The number of aromatic nitrogens is 2. The van der Waals surface area contributed by atoms with Crippen molar-refractivity contribution < 1.29 is 22.7 Å². The van der Waals surface area contributed by atoms with Crippen LogP contribution in [0.2, 0.25) is 0 Å². The van der Waals surface area contributed by atoms with Crippen molar-refractivity contribution in [3.8, 4) is 17.2 Å².